The molecule has 0 spiro atoms. The number of sulfone groups is 1. The lowest BCUT2D eigenvalue weighted by Gasteiger charge is -2.21. The molecule has 0 bridgehead atoms. The normalized spacial score (nSPS) is 20.4. The smallest absolute Gasteiger partial charge is 0.328 e. The van der Waals surface area contributed by atoms with Gasteiger partial charge in [0.1, 0.15) is 4.75 Å². The number of ether oxygens (including phenoxy) is 2. The highest BCUT2D eigenvalue weighted by Crippen LogP contribution is 2.56. The quantitative estimate of drug-likeness (QED) is 0.299. The standard InChI is InChI=1S/C31H32N2O6S/c1-22-13-15-26(16-14-22)40(36,37)31(21-33-17-23(2)29(34)32-30(33)35)27(20-38-18-24-9-5-3-6-10-24)28(31)39-19-25-11-7-4-8-12-25/h3-17,27-28H,18-21H2,1-2H3,(H,32,34,35)/t27-,28+,31+/m0/s1. The number of aryl methyl sites for hydroxylation is 2. The van der Waals surface area contributed by atoms with Crippen LogP contribution in [-0.4, -0.2) is 35.4 Å². The fourth-order valence-corrected chi connectivity index (χ4v) is 7.47. The average molecular weight is 561 g/mol. The Balaban J connectivity index is 1.55. The van der Waals surface area contributed by atoms with E-state index in [0.717, 1.165) is 16.7 Å². The molecule has 3 atom stereocenters. The summed E-state index contributed by atoms with van der Waals surface area (Å²) in [6.07, 6.45) is 0.649. The predicted octanol–water partition coefficient (Wildman–Crippen LogP) is 3.80. The van der Waals surface area contributed by atoms with Crippen molar-refractivity contribution in [2.45, 2.75) is 49.4 Å². The van der Waals surface area contributed by atoms with Crippen molar-refractivity contribution in [2.24, 2.45) is 5.92 Å². The van der Waals surface area contributed by atoms with Gasteiger partial charge in [0.15, 0.2) is 9.84 Å². The lowest BCUT2D eigenvalue weighted by Crippen LogP contribution is -2.40. The zero-order valence-electron chi connectivity index (χ0n) is 22.4. The van der Waals surface area contributed by atoms with Gasteiger partial charge in [0, 0.05) is 17.7 Å². The summed E-state index contributed by atoms with van der Waals surface area (Å²) < 4.78 is 41.0. The molecular weight excluding hydrogens is 528 g/mol. The second-order valence-corrected chi connectivity index (χ2v) is 12.5. The van der Waals surface area contributed by atoms with Gasteiger partial charge in [-0.3, -0.25) is 14.3 Å². The molecule has 1 heterocycles. The number of hydrogen-bond donors (Lipinski definition) is 1. The van der Waals surface area contributed by atoms with Gasteiger partial charge in [-0.1, -0.05) is 78.4 Å². The van der Waals surface area contributed by atoms with Crippen molar-refractivity contribution in [3.8, 4) is 0 Å². The highest BCUT2D eigenvalue weighted by molar-refractivity contribution is 7.93. The van der Waals surface area contributed by atoms with Crippen LogP contribution < -0.4 is 11.2 Å². The SMILES string of the molecule is Cc1ccc(S(=O)(=O)[C@@]2(Cn3cc(C)c(=O)[nH]c3=O)[C@H](OCc3ccccc3)[C@@H]2COCc2ccccc2)cc1. The van der Waals surface area contributed by atoms with Crippen LogP contribution in [0.15, 0.2) is 106 Å². The molecule has 1 aliphatic rings. The molecule has 9 heteroatoms. The van der Waals surface area contributed by atoms with Crippen LogP contribution in [0.4, 0.5) is 0 Å². The summed E-state index contributed by atoms with van der Waals surface area (Å²) in [6.45, 7) is 3.88. The molecule has 0 unspecified atom stereocenters. The van der Waals surface area contributed by atoms with Crippen LogP contribution in [0.5, 0.6) is 0 Å². The molecular formula is C31H32N2O6S. The third kappa shape index (κ3) is 5.45. The zero-order valence-corrected chi connectivity index (χ0v) is 23.3. The maximum Gasteiger partial charge on any atom is 0.328 e. The van der Waals surface area contributed by atoms with Gasteiger partial charge in [0.05, 0.1) is 37.4 Å². The fraction of sp³-hybridized carbons (Fsp3) is 0.290. The summed E-state index contributed by atoms with van der Waals surface area (Å²) in [5, 5.41) is 0. The number of aromatic nitrogens is 2. The van der Waals surface area contributed by atoms with Crippen molar-refractivity contribution < 1.29 is 17.9 Å². The maximum absolute atomic E-state index is 14.4. The number of nitrogens with zero attached hydrogens (tertiary/aromatic N) is 1. The Hall–Kier alpha value is -3.79. The molecule has 4 aromatic rings. The minimum absolute atomic E-state index is 0.108. The summed E-state index contributed by atoms with van der Waals surface area (Å²) in [5.41, 5.74) is 1.91. The Bertz CT molecular complexity index is 1680. The van der Waals surface area contributed by atoms with Crippen molar-refractivity contribution in [3.05, 3.63) is 134 Å². The molecule has 0 aliphatic heterocycles. The fourth-order valence-electron chi connectivity index (χ4n) is 5.16. The number of nitrogens with one attached hydrogen (secondary N) is 1. The number of rotatable bonds is 11. The molecule has 5 rings (SSSR count). The molecule has 0 saturated heterocycles. The number of benzene rings is 3. The monoisotopic (exact) mass is 560 g/mol. The first-order valence-corrected chi connectivity index (χ1v) is 14.6. The molecule has 208 valence electrons. The Kier molecular flexibility index (Phi) is 7.89. The molecule has 40 heavy (non-hydrogen) atoms. The molecule has 0 amide bonds. The van der Waals surface area contributed by atoms with E-state index in [2.05, 4.69) is 4.98 Å². The topological polar surface area (TPSA) is 107 Å². The van der Waals surface area contributed by atoms with Crippen LogP contribution in [0.1, 0.15) is 22.3 Å². The number of H-pyrrole nitrogens is 1. The highest BCUT2D eigenvalue weighted by Gasteiger charge is 2.74. The summed E-state index contributed by atoms with van der Waals surface area (Å²) >= 11 is 0. The van der Waals surface area contributed by atoms with Gasteiger partial charge in [-0.05, 0) is 37.1 Å². The van der Waals surface area contributed by atoms with Crippen molar-refractivity contribution in [1.29, 1.82) is 0 Å². The Labute approximate surface area is 233 Å². The second kappa shape index (κ2) is 11.4. The third-order valence-corrected chi connectivity index (χ3v) is 10.0. The van der Waals surface area contributed by atoms with Crippen molar-refractivity contribution in [2.75, 3.05) is 6.61 Å². The van der Waals surface area contributed by atoms with Crippen LogP contribution in [0.25, 0.3) is 0 Å². The van der Waals surface area contributed by atoms with E-state index >= 15 is 0 Å². The van der Waals surface area contributed by atoms with E-state index in [-0.39, 0.29) is 24.7 Å². The largest absolute Gasteiger partial charge is 0.376 e. The molecule has 1 N–H and O–H groups in total. The van der Waals surface area contributed by atoms with Gasteiger partial charge in [0.25, 0.3) is 5.56 Å². The Morgan fingerprint density at radius 2 is 1.45 bits per heavy atom. The van der Waals surface area contributed by atoms with Gasteiger partial charge < -0.3 is 9.47 Å². The molecule has 1 saturated carbocycles. The maximum atomic E-state index is 14.4. The van der Waals surface area contributed by atoms with E-state index in [9.17, 15) is 18.0 Å². The number of aromatic amines is 1. The minimum atomic E-state index is -4.04. The van der Waals surface area contributed by atoms with E-state index in [4.69, 9.17) is 9.47 Å². The van der Waals surface area contributed by atoms with Gasteiger partial charge in [-0.25, -0.2) is 13.2 Å². The van der Waals surface area contributed by atoms with Crippen molar-refractivity contribution in [3.63, 3.8) is 0 Å². The molecule has 1 aromatic heterocycles. The molecule has 8 nitrogen and oxygen atoms in total. The first kappa shape index (κ1) is 27.8. The van der Waals surface area contributed by atoms with Gasteiger partial charge in [0.2, 0.25) is 0 Å². The van der Waals surface area contributed by atoms with E-state index in [1.165, 1.54) is 10.8 Å². The average Bonchev–Trinajstić information content (AvgIpc) is 3.58. The Morgan fingerprint density at radius 3 is 2.08 bits per heavy atom. The van der Waals surface area contributed by atoms with Gasteiger partial charge >= 0.3 is 5.69 Å². The molecule has 0 radical (unpaired) electrons. The van der Waals surface area contributed by atoms with Crippen LogP contribution in [0.2, 0.25) is 0 Å². The van der Waals surface area contributed by atoms with E-state index in [0.29, 0.717) is 12.2 Å². The summed E-state index contributed by atoms with van der Waals surface area (Å²) in [7, 11) is -4.04. The van der Waals surface area contributed by atoms with Crippen LogP contribution in [0, 0.1) is 19.8 Å². The predicted molar refractivity (Wildman–Crippen MR) is 152 cm³/mol. The second-order valence-electron chi connectivity index (χ2n) is 10.3. The van der Waals surface area contributed by atoms with E-state index in [1.54, 1.807) is 31.2 Å². The van der Waals surface area contributed by atoms with Crippen LogP contribution in [0.3, 0.4) is 0 Å². The molecule has 3 aromatic carbocycles. The van der Waals surface area contributed by atoms with Crippen LogP contribution >= 0.6 is 0 Å². The van der Waals surface area contributed by atoms with Gasteiger partial charge in [-0.2, -0.15) is 0 Å². The third-order valence-electron chi connectivity index (χ3n) is 7.48. The zero-order chi connectivity index (χ0) is 28.3. The molecule has 1 fully saturated rings. The first-order chi connectivity index (χ1) is 19.2. The van der Waals surface area contributed by atoms with Crippen LogP contribution in [-0.2, 0) is 39.1 Å². The van der Waals surface area contributed by atoms with Crippen molar-refractivity contribution in [1.82, 2.24) is 9.55 Å². The highest BCUT2D eigenvalue weighted by atomic mass is 32.2. The van der Waals surface area contributed by atoms with E-state index < -0.39 is 37.9 Å². The Morgan fingerprint density at radius 1 is 0.850 bits per heavy atom. The number of hydrogen-bond acceptors (Lipinski definition) is 6. The summed E-state index contributed by atoms with van der Waals surface area (Å²) in [4.78, 5) is 27.3. The van der Waals surface area contributed by atoms with Gasteiger partial charge in [-0.15, -0.1) is 0 Å². The first-order valence-electron chi connectivity index (χ1n) is 13.1. The lowest BCUT2D eigenvalue weighted by atomic mass is 10.2. The van der Waals surface area contributed by atoms with E-state index in [1.807, 2.05) is 67.6 Å². The molecule has 1 aliphatic carbocycles. The summed E-state index contributed by atoms with van der Waals surface area (Å²) in [5.74, 6) is -0.564. The lowest BCUT2D eigenvalue weighted by molar-refractivity contribution is 0.0605. The minimum Gasteiger partial charge on any atom is -0.376 e. The van der Waals surface area contributed by atoms with Crippen molar-refractivity contribution >= 4 is 9.84 Å². The summed E-state index contributed by atoms with van der Waals surface area (Å²) in [6, 6.07) is 25.8.